The van der Waals surface area contributed by atoms with E-state index in [4.69, 9.17) is 0 Å². The van der Waals surface area contributed by atoms with Crippen LogP contribution in [0.1, 0.15) is 32.6 Å². The molecule has 0 aromatic carbocycles. The van der Waals surface area contributed by atoms with Crippen LogP contribution in [-0.2, 0) is 9.53 Å². The van der Waals surface area contributed by atoms with E-state index in [1.54, 1.807) is 0 Å². The molecule has 0 aromatic heterocycles. The van der Waals surface area contributed by atoms with Gasteiger partial charge in [0.05, 0.1) is 13.2 Å². The van der Waals surface area contributed by atoms with Gasteiger partial charge in [-0.05, 0) is 12.5 Å². The van der Waals surface area contributed by atoms with Crippen molar-refractivity contribution in [3.63, 3.8) is 0 Å². The summed E-state index contributed by atoms with van der Waals surface area (Å²) < 4.78 is 4.39. The zero-order valence-electron chi connectivity index (χ0n) is 8.32. The lowest BCUT2D eigenvalue weighted by Gasteiger charge is -2.03. The fourth-order valence-electron chi connectivity index (χ4n) is 0.957. The van der Waals surface area contributed by atoms with E-state index in [-0.39, 0.29) is 0 Å². The summed E-state index contributed by atoms with van der Waals surface area (Å²) in [5.41, 5.74) is 0. The highest BCUT2D eigenvalue weighted by Gasteiger charge is 1.99. The van der Waals surface area contributed by atoms with Crippen molar-refractivity contribution in [3.05, 3.63) is 12.2 Å². The summed E-state index contributed by atoms with van der Waals surface area (Å²) in [6.07, 6.45) is 6.16. The predicted octanol–water partition coefficient (Wildman–Crippen LogP) is 1.66. The maximum absolute atomic E-state index is 10.6. The van der Waals surface area contributed by atoms with E-state index in [2.05, 4.69) is 11.7 Å². The maximum atomic E-state index is 10.6. The van der Waals surface area contributed by atoms with Gasteiger partial charge in [0, 0.05) is 6.08 Å². The Kier molecular flexibility index (Phi) is 7.30. The number of ether oxygens (including phenoxy) is 1. The van der Waals surface area contributed by atoms with Gasteiger partial charge in [0.25, 0.3) is 0 Å². The van der Waals surface area contributed by atoms with Crippen LogP contribution in [0.3, 0.4) is 0 Å². The zero-order chi connectivity index (χ0) is 10.1. The van der Waals surface area contributed by atoms with Gasteiger partial charge in [-0.15, -0.1) is 0 Å². The third kappa shape index (κ3) is 7.53. The summed E-state index contributed by atoms with van der Waals surface area (Å²) in [4.78, 5) is 10.6. The summed E-state index contributed by atoms with van der Waals surface area (Å²) in [6.45, 7) is 2.11. The quantitative estimate of drug-likeness (QED) is 0.390. The van der Waals surface area contributed by atoms with E-state index in [9.17, 15) is 9.90 Å². The fourth-order valence-corrected chi connectivity index (χ4v) is 0.957. The van der Waals surface area contributed by atoms with Crippen molar-refractivity contribution in [2.24, 2.45) is 0 Å². The molecule has 13 heavy (non-hydrogen) atoms. The second-order valence-electron chi connectivity index (χ2n) is 2.95. The SMILES string of the molecule is CCCCCC(O)C=CC(=O)OC. The molecule has 0 rings (SSSR count). The summed E-state index contributed by atoms with van der Waals surface area (Å²) in [7, 11) is 1.32. The molecule has 0 aliphatic carbocycles. The van der Waals surface area contributed by atoms with E-state index in [1.165, 1.54) is 19.3 Å². The topological polar surface area (TPSA) is 46.5 Å². The van der Waals surface area contributed by atoms with Gasteiger partial charge >= 0.3 is 5.97 Å². The van der Waals surface area contributed by atoms with Crippen LogP contribution in [0.4, 0.5) is 0 Å². The first-order valence-electron chi connectivity index (χ1n) is 4.65. The zero-order valence-corrected chi connectivity index (χ0v) is 8.32. The molecule has 1 atom stereocenters. The fraction of sp³-hybridized carbons (Fsp3) is 0.700. The molecule has 3 heteroatoms. The molecule has 0 aromatic rings. The smallest absolute Gasteiger partial charge is 0.330 e. The lowest BCUT2D eigenvalue weighted by molar-refractivity contribution is -0.134. The van der Waals surface area contributed by atoms with Crippen molar-refractivity contribution in [1.29, 1.82) is 0 Å². The normalized spacial score (nSPS) is 13.2. The number of unbranched alkanes of at least 4 members (excludes halogenated alkanes) is 2. The van der Waals surface area contributed by atoms with E-state index in [0.29, 0.717) is 6.42 Å². The number of aliphatic hydroxyl groups excluding tert-OH is 1. The Morgan fingerprint density at radius 1 is 1.54 bits per heavy atom. The number of carbonyl (C=O) groups excluding carboxylic acids is 1. The monoisotopic (exact) mass is 186 g/mol. The Morgan fingerprint density at radius 3 is 2.77 bits per heavy atom. The van der Waals surface area contributed by atoms with Crippen molar-refractivity contribution in [2.75, 3.05) is 7.11 Å². The summed E-state index contributed by atoms with van der Waals surface area (Å²) >= 11 is 0. The van der Waals surface area contributed by atoms with Crippen molar-refractivity contribution in [3.8, 4) is 0 Å². The lowest BCUT2D eigenvalue weighted by Crippen LogP contribution is -2.03. The third-order valence-corrected chi connectivity index (χ3v) is 1.76. The number of hydrogen-bond donors (Lipinski definition) is 1. The minimum Gasteiger partial charge on any atom is -0.466 e. The number of esters is 1. The molecule has 3 nitrogen and oxygen atoms in total. The molecule has 1 unspecified atom stereocenters. The van der Waals surface area contributed by atoms with E-state index >= 15 is 0 Å². The molecular formula is C10H18O3. The molecule has 0 fully saturated rings. The minimum atomic E-state index is -0.523. The Labute approximate surface area is 79.4 Å². The second kappa shape index (κ2) is 7.80. The molecule has 0 bridgehead atoms. The van der Waals surface area contributed by atoms with Crippen LogP contribution in [-0.4, -0.2) is 24.3 Å². The largest absolute Gasteiger partial charge is 0.466 e. The standard InChI is InChI=1S/C10H18O3/c1-3-4-5-6-9(11)7-8-10(12)13-2/h7-9,11H,3-6H2,1-2H3. The Balaban J connectivity index is 3.54. The van der Waals surface area contributed by atoms with Crippen molar-refractivity contribution >= 4 is 5.97 Å². The second-order valence-corrected chi connectivity index (χ2v) is 2.95. The molecule has 0 saturated heterocycles. The molecule has 1 N–H and O–H groups in total. The van der Waals surface area contributed by atoms with Crippen LogP contribution in [0.25, 0.3) is 0 Å². The van der Waals surface area contributed by atoms with Crippen LogP contribution >= 0.6 is 0 Å². The minimum absolute atomic E-state index is 0.422. The highest BCUT2D eigenvalue weighted by molar-refractivity contribution is 5.81. The maximum Gasteiger partial charge on any atom is 0.330 e. The van der Waals surface area contributed by atoms with E-state index in [0.717, 1.165) is 19.3 Å². The van der Waals surface area contributed by atoms with Crippen molar-refractivity contribution < 1.29 is 14.6 Å². The number of hydrogen-bond acceptors (Lipinski definition) is 3. The number of carbonyl (C=O) groups is 1. The molecule has 0 radical (unpaired) electrons. The first-order chi connectivity index (χ1) is 6.20. The van der Waals surface area contributed by atoms with Gasteiger partial charge in [-0.2, -0.15) is 0 Å². The Morgan fingerprint density at radius 2 is 2.23 bits per heavy atom. The molecule has 0 aliphatic heterocycles. The number of methoxy groups -OCH3 is 1. The third-order valence-electron chi connectivity index (χ3n) is 1.76. The summed E-state index contributed by atoms with van der Waals surface area (Å²) in [6, 6.07) is 0. The molecule has 0 heterocycles. The predicted molar refractivity (Wildman–Crippen MR) is 51.3 cm³/mol. The lowest BCUT2D eigenvalue weighted by atomic mass is 10.1. The number of aliphatic hydroxyl groups is 1. The van der Waals surface area contributed by atoms with Crippen molar-refractivity contribution in [1.82, 2.24) is 0 Å². The molecule has 0 spiro atoms. The van der Waals surface area contributed by atoms with Crippen LogP contribution in [0.15, 0.2) is 12.2 Å². The van der Waals surface area contributed by atoms with E-state index in [1.807, 2.05) is 0 Å². The highest BCUT2D eigenvalue weighted by Crippen LogP contribution is 2.04. The first kappa shape index (κ1) is 12.2. The molecule has 76 valence electrons. The van der Waals surface area contributed by atoms with Crippen molar-refractivity contribution in [2.45, 2.75) is 38.7 Å². The molecular weight excluding hydrogens is 168 g/mol. The van der Waals surface area contributed by atoms with Crippen LogP contribution in [0.5, 0.6) is 0 Å². The van der Waals surface area contributed by atoms with Gasteiger partial charge in [0.2, 0.25) is 0 Å². The van der Waals surface area contributed by atoms with Crippen LogP contribution < -0.4 is 0 Å². The average Bonchev–Trinajstić information content (AvgIpc) is 2.14. The highest BCUT2D eigenvalue weighted by atomic mass is 16.5. The number of rotatable bonds is 6. The first-order valence-corrected chi connectivity index (χ1v) is 4.65. The Hall–Kier alpha value is -0.830. The van der Waals surface area contributed by atoms with Gasteiger partial charge in [0.1, 0.15) is 0 Å². The van der Waals surface area contributed by atoms with E-state index < -0.39 is 12.1 Å². The van der Waals surface area contributed by atoms with Crippen LogP contribution in [0.2, 0.25) is 0 Å². The molecule has 0 amide bonds. The average molecular weight is 186 g/mol. The van der Waals surface area contributed by atoms with Gasteiger partial charge in [-0.3, -0.25) is 0 Å². The molecule has 0 saturated carbocycles. The van der Waals surface area contributed by atoms with Crippen LogP contribution in [0, 0.1) is 0 Å². The van der Waals surface area contributed by atoms with Gasteiger partial charge < -0.3 is 9.84 Å². The Bertz CT molecular complexity index is 164. The molecule has 0 aliphatic rings. The van der Waals surface area contributed by atoms with Gasteiger partial charge in [-0.1, -0.05) is 26.2 Å². The summed E-state index contributed by atoms with van der Waals surface area (Å²) in [5.74, 6) is -0.422. The van der Waals surface area contributed by atoms with Gasteiger partial charge in [-0.25, -0.2) is 4.79 Å². The van der Waals surface area contributed by atoms with Gasteiger partial charge in [0.15, 0.2) is 0 Å². The summed E-state index contributed by atoms with van der Waals surface area (Å²) in [5, 5.41) is 9.33.